The van der Waals surface area contributed by atoms with E-state index in [9.17, 15) is 4.79 Å². The monoisotopic (exact) mass is 273 g/mol. The number of carbonyl (C=O) groups is 1. The summed E-state index contributed by atoms with van der Waals surface area (Å²) in [7, 11) is 0. The number of rotatable bonds is 3. The molecule has 3 rings (SSSR count). The maximum Gasteiger partial charge on any atom is 0.254 e. The fraction of sp³-hybridized carbons (Fsp3) is 0.308. The fourth-order valence-corrected chi connectivity index (χ4v) is 1.98. The molecule has 1 aliphatic rings. The Morgan fingerprint density at radius 1 is 1.30 bits per heavy atom. The Hall–Kier alpha value is -2.25. The molecular weight excluding hydrogens is 258 g/mol. The van der Waals surface area contributed by atoms with Crippen LogP contribution in [0.4, 0.5) is 5.69 Å². The lowest BCUT2D eigenvalue weighted by Gasteiger charge is -2.22. The lowest BCUT2D eigenvalue weighted by atomic mass is 10.2. The summed E-state index contributed by atoms with van der Waals surface area (Å²) in [5.41, 5.74) is 1.56. The number of nitrogens with one attached hydrogen (secondary N) is 2. The molecule has 104 valence electrons. The number of morpholine rings is 1. The Morgan fingerprint density at radius 3 is 2.70 bits per heavy atom. The molecule has 0 bridgehead atoms. The minimum absolute atomic E-state index is 0.137. The average Bonchev–Trinajstić information content (AvgIpc) is 3.03. The van der Waals surface area contributed by atoms with E-state index in [0.717, 1.165) is 17.9 Å². The van der Waals surface area contributed by atoms with Crippen molar-refractivity contribution in [2.45, 2.75) is 6.10 Å². The molecule has 1 atom stereocenters. The normalized spacial score (nSPS) is 18.7. The van der Waals surface area contributed by atoms with E-state index in [1.54, 1.807) is 12.4 Å². The maximum atomic E-state index is 12.0. The molecule has 0 saturated carbocycles. The molecule has 7 nitrogen and oxygen atoms in total. The Morgan fingerprint density at radius 2 is 2.05 bits per heavy atom. The van der Waals surface area contributed by atoms with Gasteiger partial charge in [0.05, 0.1) is 24.7 Å². The molecular formula is C13H15N5O2. The Labute approximate surface area is 115 Å². The molecule has 1 saturated heterocycles. The number of hydrogen-bond donors (Lipinski definition) is 2. The van der Waals surface area contributed by atoms with Gasteiger partial charge in [0.1, 0.15) is 6.10 Å². The van der Waals surface area contributed by atoms with Crippen molar-refractivity contribution in [2.24, 2.45) is 0 Å². The first-order chi connectivity index (χ1) is 9.83. The van der Waals surface area contributed by atoms with E-state index < -0.39 is 6.10 Å². The second-order valence-electron chi connectivity index (χ2n) is 4.42. The molecule has 2 aromatic rings. The highest BCUT2D eigenvalue weighted by Crippen LogP contribution is 2.12. The Bertz CT molecular complexity index is 561. The number of hydrogen-bond acceptors (Lipinski definition) is 5. The van der Waals surface area contributed by atoms with Crippen molar-refractivity contribution < 1.29 is 9.53 Å². The van der Waals surface area contributed by atoms with Crippen LogP contribution in [0.1, 0.15) is 0 Å². The number of anilines is 1. The largest absolute Gasteiger partial charge is 0.366 e. The van der Waals surface area contributed by atoms with Gasteiger partial charge in [-0.15, -0.1) is 0 Å². The summed E-state index contributed by atoms with van der Waals surface area (Å²) in [5, 5.41) is 14.0. The van der Waals surface area contributed by atoms with Gasteiger partial charge in [-0.25, -0.2) is 0 Å². The second kappa shape index (κ2) is 5.81. The molecule has 0 spiro atoms. The summed E-state index contributed by atoms with van der Waals surface area (Å²) in [4.78, 5) is 13.5. The number of carbonyl (C=O) groups excluding carboxylic acids is 1. The minimum Gasteiger partial charge on any atom is -0.366 e. The first-order valence-corrected chi connectivity index (χ1v) is 6.43. The first-order valence-electron chi connectivity index (χ1n) is 6.43. The minimum atomic E-state index is -0.434. The predicted molar refractivity (Wildman–Crippen MR) is 72.6 cm³/mol. The summed E-state index contributed by atoms with van der Waals surface area (Å²) in [5.74, 6) is -0.137. The summed E-state index contributed by atoms with van der Waals surface area (Å²) in [6.45, 7) is 1.89. The van der Waals surface area contributed by atoms with Gasteiger partial charge >= 0.3 is 0 Å². The summed E-state index contributed by atoms with van der Waals surface area (Å²) in [6, 6.07) is 7.31. The predicted octanol–water partition coefficient (Wildman–Crippen LogP) is 0.194. The molecule has 1 unspecified atom stereocenters. The van der Waals surface area contributed by atoms with E-state index >= 15 is 0 Å². The number of amides is 1. The zero-order valence-corrected chi connectivity index (χ0v) is 10.8. The average molecular weight is 273 g/mol. The van der Waals surface area contributed by atoms with Crippen LogP contribution in [0, 0.1) is 0 Å². The van der Waals surface area contributed by atoms with Gasteiger partial charge in [0.25, 0.3) is 5.91 Å². The third-order valence-corrected chi connectivity index (χ3v) is 3.00. The maximum absolute atomic E-state index is 12.0. The van der Waals surface area contributed by atoms with Crippen molar-refractivity contribution in [3.05, 3.63) is 36.7 Å². The highest BCUT2D eigenvalue weighted by atomic mass is 16.5. The van der Waals surface area contributed by atoms with E-state index in [1.165, 1.54) is 4.80 Å². The summed E-state index contributed by atoms with van der Waals surface area (Å²) in [6.07, 6.45) is 2.79. The molecule has 2 heterocycles. The van der Waals surface area contributed by atoms with Crippen molar-refractivity contribution in [3.63, 3.8) is 0 Å². The van der Waals surface area contributed by atoms with Gasteiger partial charge in [0.15, 0.2) is 0 Å². The van der Waals surface area contributed by atoms with Crippen LogP contribution in [0.25, 0.3) is 5.69 Å². The molecule has 0 radical (unpaired) electrons. The number of nitrogens with zero attached hydrogens (tertiary/aromatic N) is 3. The van der Waals surface area contributed by atoms with Gasteiger partial charge < -0.3 is 15.4 Å². The molecule has 7 heteroatoms. The smallest absolute Gasteiger partial charge is 0.254 e. The zero-order chi connectivity index (χ0) is 13.8. The quantitative estimate of drug-likeness (QED) is 0.834. The third-order valence-electron chi connectivity index (χ3n) is 3.00. The van der Waals surface area contributed by atoms with Gasteiger partial charge in [-0.1, -0.05) is 0 Å². The van der Waals surface area contributed by atoms with Gasteiger partial charge in [0.2, 0.25) is 0 Å². The van der Waals surface area contributed by atoms with Crippen LogP contribution in [0.2, 0.25) is 0 Å². The van der Waals surface area contributed by atoms with E-state index in [4.69, 9.17) is 4.74 Å². The number of ether oxygens (including phenoxy) is 1. The van der Waals surface area contributed by atoms with E-state index in [0.29, 0.717) is 13.2 Å². The molecule has 2 N–H and O–H groups in total. The van der Waals surface area contributed by atoms with Crippen LogP contribution >= 0.6 is 0 Å². The fourth-order valence-electron chi connectivity index (χ4n) is 1.98. The third kappa shape index (κ3) is 2.84. The summed E-state index contributed by atoms with van der Waals surface area (Å²) < 4.78 is 5.40. The van der Waals surface area contributed by atoms with Crippen LogP contribution in [-0.4, -0.2) is 46.7 Å². The van der Waals surface area contributed by atoms with Crippen LogP contribution in [-0.2, 0) is 9.53 Å². The topological polar surface area (TPSA) is 81.1 Å². The van der Waals surface area contributed by atoms with Gasteiger partial charge in [-0.3, -0.25) is 4.79 Å². The van der Waals surface area contributed by atoms with Crippen molar-refractivity contribution in [2.75, 3.05) is 25.0 Å². The van der Waals surface area contributed by atoms with E-state index in [2.05, 4.69) is 20.8 Å². The second-order valence-corrected chi connectivity index (χ2v) is 4.42. The van der Waals surface area contributed by atoms with Gasteiger partial charge in [0, 0.05) is 18.8 Å². The standard InChI is InChI=1S/C13H15N5O2/c19-13(12-9-14-7-8-20-12)17-10-1-3-11(4-2-10)18-15-5-6-16-18/h1-6,12,14H,7-9H2,(H,17,19). The van der Waals surface area contributed by atoms with E-state index in [1.807, 2.05) is 24.3 Å². The van der Waals surface area contributed by atoms with Crippen LogP contribution in [0.15, 0.2) is 36.7 Å². The van der Waals surface area contributed by atoms with Crippen molar-refractivity contribution >= 4 is 11.6 Å². The Balaban J connectivity index is 1.64. The molecule has 1 aromatic carbocycles. The van der Waals surface area contributed by atoms with E-state index in [-0.39, 0.29) is 5.91 Å². The lowest BCUT2D eigenvalue weighted by Crippen LogP contribution is -2.45. The molecule has 1 aliphatic heterocycles. The molecule has 0 aliphatic carbocycles. The SMILES string of the molecule is O=C(Nc1ccc(-n2nccn2)cc1)C1CNCCO1. The number of aromatic nitrogens is 3. The Kier molecular flexibility index (Phi) is 3.71. The van der Waals surface area contributed by atoms with Gasteiger partial charge in [-0.05, 0) is 24.3 Å². The highest BCUT2D eigenvalue weighted by Gasteiger charge is 2.21. The lowest BCUT2D eigenvalue weighted by molar-refractivity contribution is -0.128. The van der Waals surface area contributed by atoms with Gasteiger partial charge in [-0.2, -0.15) is 15.0 Å². The zero-order valence-electron chi connectivity index (χ0n) is 10.8. The van der Waals surface area contributed by atoms with Crippen LogP contribution in [0.3, 0.4) is 0 Å². The highest BCUT2D eigenvalue weighted by molar-refractivity contribution is 5.94. The molecule has 1 aromatic heterocycles. The number of benzene rings is 1. The summed E-state index contributed by atoms with van der Waals surface area (Å²) >= 11 is 0. The van der Waals surface area contributed by atoms with Crippen molar-refractivity contribution in [1.29, 1.82) is 0 Å². The molecule has 20 heavy (non-hydrogen) atoms. The molecule has 1 fully saturated rings. The van der Waals surface area contributed by atoms with Crippen molar-refractivity contribution in [1.82, 2.24) is 20.3 Å². The first kappa shape index (κ1) is 12.8. The van der Waals surface area contributed by atoms with Crippen molar-refractivity contribution in [3.8, 4) is 5.69 Å². The molecule has 1 amide bonds. The van der Waals surface area contributed by atoms with Crippen LogP contribution < -0.4 is 10.6 Å². The van der Waals surface area contributed by atoms with Crippen LogP contribution in [0.5, 0.6) is 0 Å².